The van der Waals surface area contributed by atoms with Crippen LogP contribution in [0.3, 0.4) is 0 Å². The third-order valence-electron chi connectivity index (χ3n) is 3.60. The maximum Gasteiger partial charge on any atom is 0.407 e. The zero-order valence-electron chi connectivity index (χ0n) is 14.4. The van der Waals surface area contributed by atoms with Gasteiger partial charge in [0.15, 0.2) is 0 Å². The summed E-state index contributed by atoms with van der Waals surface area (Å²) in [6.07, 6.45) is 4.68. The summed E-state index contributed by atoms with van der Waals surface area (Å²) in [6.45, 7) is 6.34. The van der Waals surface area contributed by atoms with E-state index in [0.717, 1.165) is 11.4 Å². The fourth-order valence-corrected chi connectivity index (χ4v) is 2.62. The number of rotatable bonds is 6. The molecule has 128 valence electrons. The largest absolute Gasteiger partial charge is 0.492 e. The molecule has 23 heavy (non-hydrogen) atoms. The van der Waals surface area contributed by atoms with Crippen molar-refractivity contribution in [2.45, 2.75) is 58.1 Å². The number of nitrogens with one attached hydrogen (secondary N) is 2. The van der Waals surface area contributed by atoms with E-state index in [9.17, 15) is 4.79 Å². The highest BCUT2D eigenvalue weighted by Gasteiger charge is 2.16. The van der Waals surface area contributed by atoms with Crippen molar-refractivity contribution < 1.29 is 14.3 Å². The van der Waals surface area contributed by atoms with Crippen molar-refractivity contribution in [2.75, 3.05) is 18.5 Å². The molecule has 0 heterocycles. The monoisotopic (exact) mass is 320 g/mol. The Hall–Kier alpha value is -1.91. The number of hydrogen-bond acceptors (Lipinski definition) is 4. The Morgan fingerprint density at radius 3 is 2.70 bits per heavy atom. The Labute approximate surface area is 138 Å². The topological polar surface area (TPSA) is 59.6 Å². The molecule has 0 saturated heterocycles. The van der Waals surface area contributed by atoms with Gasteiger partial charge in [-0.15, -0.1) is 0 Å². The quantitative estimate of drug-likeness (QED) is 0.779. The fourth-order valence-electron chi connectivity index (χ4n) is 2.62. The lowest BCUT2D eigenvalue weighted by molar-refractivity contribution is 0.0520. The molecule has 0 atom stereocenters. The van der Waals surface area contributed by atoms with Gasteiger partial charge in [0.25, 0.3) is 0 Å². The molecule has 1 aromatic rings. The molecule has 1 aliphatic rings. The van der Waals surface area contributed by atoms with Gasteiger partial charge < -0.3 is 20.1 Å². The van der Waals surface area contributed by atoms with Crippen molar-refractivity contribution in [2.24, 2.45) is 0 Å². The standard InChI is InChI=1S/C18H28N2O3/c1-18(2,3)23-17(21)19-11-12-22-16-10-6-9-15(13-16)20-14-7-4-5-8-14/h6,9-10,13-14,20H,4-5,7-8,11-12H2,1-3H3,(H,19,21). The first-order valence-corrected chi connectivity index (χ1v) is 8.39. The van der Waals surface area contributed by atoms with Crippen molar-refractivity contribution in [3.63, 3.8) is 0 Å². The molecule has 2 rings (SSSR count). The van der Waals surface area contributed by atoms with Gasteiger partial charge in [-0.3, -0.25) is 0 Å². The van der Waals surface area contributed by atoms with E-state index in [0.29, 0.717) is 19.2 Å². The third kappa shape index (κ3) is 6.80. The lowest BCUT2D eigenvalue weighted by Crippen LogP contribution is -2.34. The molecule has 5 nitrogen and oxygen atoms in total. The molecule has 0 bridgehead atoms. The maximum atomic E-state index is 11.5. The Morgan fingerprint density at radius 1 is 1.26 bits per heavy atom. The zero-order chi connectivity index (χ0) is 16.7. The van der Waals surface area contributed by atoms with Crippen LogP contribution in [-0.4, -0.2) is 30.9 Å². The minimum Gasteiger partial charge on any atom is -0.492 e. The Balaban J connectivity index is 1.70. The van der Waals surface area contributed by atoms with Gasteiger partial charge in [0.05, 0.1) is 6.54 Å². The van der Waals surface area contributed by atoms with E-state index in [2.05, 4.69) is 16.7 Å². The second kappa shape index (κ2) is 8.09. The summed E-state index contributed by atoms with van der Waals surface area (Å²) in [6, 6.07) is 8.55. The highest BCUT2D eigenvalue weighted by atomic mass is 16.6. The lowest BCUT2D eigenvalue weighted by atomic mass is 10.2. The van der Waals surface area contributed by atoms with Gasteiger partial charge >= 0.3 is 6.09 Å². The van der Waals surface area contributed by atoms with Gasteiger partial charge in [-0.05, 0) is 45.7 Å². The summed E-state index contributed by atoms with van der Waals surface area (Å²) in [5, 5.41) is 6.23. The van der Waals surface area contributed by atoms with E-state index < -0.39 is 11.7 Å². The first-order valence-electron chi connectivity index (χ1n) is 8.39. The van der Waals surface area contributed by atoms with Gasteiger partial charge in [-0.25, -0.2) is 4.79 Å². The molecule has 2 N–H and O–H groups in total. The molecular weight excluding hydrogens is 292 g/mol. The second-order valence-electron chi connectivity index (χ2n) is 6.93. The Morgan fingerprint density at radius 2 is 2.00 bits per heavy atom. The molecule has 0 aliphatic heterocycles. The van der Waals surface area contributed by atoms with Crippen LogP contribution in [0.2, 0.25) is 0 Å². The minimum atomic E-state index is -0.481. The number of anilines is 1. The van der Waals surface area contributed by atoms with Crippen LogP contribution >= 0.6 is 0 Å². The van der Waals surface area contributed by atoms with Gasteiger partial charge in [0.1, 0.15) is 18.0 Å². The average molecular weight is 320 g/mol. The number of ether oxygens (including phenoxy) is 2. The fraction of sp³-hybridized carbons (Fsp3) is 0.611. The first kappa shape index (κ1) is 17.4. The normalized spacial score (nSPS) is 15.3. The molecule has 1 fully saturated rings. The summed E-state index contributed by atoms with van der Waals surface area (Å²) in [4.78, 5) is 11.5. The van der Waals surface area contributed by atoms with Crippen LogP contribution in [0.5, 0.6) is 5.75 Å². The van der Waals surface area contributed by atoms with E-state index >= 15 is 0 Å². The SMILES string of the molecule is CC(C)(C)OC(=O)NCCOc1cccc(NC2CCCC2)c1. The van der Waals surface area contributed by atoms with Gasteiger partial charge in [-0.1, -0.05) is 18.9 Å². The second-order valence-corrected chi connectivity index (χ2v) is 6.93. The molecule has 0 radical (unpaired) electrons. The third-order valence-corrected chi connectivity index (χ3v) is 3.60. The zero-order valence-corrected chi connectivity index (χ0v) is 14.4. The van der Waals surface area contributed by atoms with Crippen molar-refractivity contribution in [3.05, 3.63) is 24.3 Å². The number of hydrogen-bond donors (Lipinski definition) is 2. The first-order chi connectivity index (χ1) is 10.9. The van der Waals surface area contributed by atoms with E-state index in [1.807, 2.05) is 39.0 Å². The van der Waals surface area contributed by atoms with E-state index in [1.54, 1.807) is 0 Å². The van der Waals surface area contributed by atoms with Crippen molar-refractivity contribution >= 4 is 11.8 Å². The summed E-state index contributed by atoms with van der Waals surface area (Å²) < 4.78 is 10.8. The highest BCUT2D eigenvalue weighted by Crippen LogP contribution is 2.24. The highest BCUT2D eigenvalue weighted by molar-refractivity contribution is 5.67. The van der Waals surface area contributed by atoms with Crippen LogP contribution in [0.1, 0.15) is 46.5 Å². The Kier molecular flexibility index (Phi) is 6.13. The number of carbonyl (C=O) groups excluding carboxylic acids is 1. The predicted molar refractivity (Wildman–Crippen MR) is 92.1 cm³/mol. The van der Waals surface area contributed by atoms with Crippen LogP contribution in [0.15, 0.2) is 24.3 Å². The van der Waals surface area contributed by atoms with Crippen LogP contribution in [-0.2, 0) is 4.74 Å². The van der Waals surface area contributed by atoms with Gasteiger partial charge in [-0.2, -0.15) is 0 Å². The molecule has 5 heteroatoms. The lowest BCUT2D eigenvalue weighted by Gasteiger charge is -2.19. The van der Waals surface area contributed by atoms with E-state index in [4.69, 9.17) is 9.47 Å². The van der Waals surface area contributed by atoms with Crippen LogP contribution < -0.4 is 15.4 Å². The summed E-state index contributed by atoms with van der Waals surface area (Å²) in [5.74, 6) is 0.805. The molecule has 1 saturated carbocycles. The summed E-state index contributed by atoms with van der Waals surface area (Å²) in [7, 11) is 0. The van der Waals surface area contributed by atoms with Gasteiger partial charge in [0, 0.05) is 17.8 Å². The molecular formula is C18H28N2O3. The van der Waals surface area contributed by atoms with Crippen LogP contribution in [0, 0.1) is 0 Å². The molecule has 1 aliphatic carbocycles. The molecule has 0 aromatic heterocycles. The number of amides is 1. The molecule has 0 unspecified atom stereocenters. The summed E-state index contributed by atoms with van der Waals surface area (Å²) in [5.41, 5.74) is 0.611. The van der Waals surface area contributed by atoms with Crippen molar-refractivity contribution in [3.8, 4) is 5.75 Å². The summed E-state index contributed by atoms with van der Waals surface area (Å²) >= 11 is 0. The van der Waals surface area contributed by atoms with Crippen molar-refractivity contribution in [1.82, 2.24) is 5.32 Å². The van der Waals surface area contributed by atoms with Crippen LogP contribution in [0.4, 0.5) is 10.5 Å². The van der Waals surface area contributed by atoms with E-state index in [-0.39, 0.29) is 0 Å². The van der Waals surface area contributed by atoms with Crippen molar-refractivity contribution in [1.29, 1.82) is 0 Å². The smallest absolute Gasteiger partial charge is 0.407 e. The number of carbonyl (C=O) groups is 1. The van der Waals surface area contributed by atoms with Gasteiger partial charge in [0.2, 0.25) is 0 Å². The van der Waals surface area contributed by atoms with Crippen LogP contribution in [0.25, 0.3) is 0 Å². The predicted octanol–water partition coefficient (Wildman–Crippen LogP) is 3.94. The molecule has 1 amide bonds. The minimum absolute atomic E-state index is 0.409. The molecule has 0 spiro atoms. The molecule has 1 aromatic carbocycles. The number of benzene rings is 1. The Bertz CT molecular complexity index is 505. The average Bonchev–Trinajstić information content (AvgIpc) is 2.95. The van der Waals surface area contributed by atoms with E-state index in [1.165, 1.54) is 25.7 Å². The maximum absolute atomic E-state index is 11.5. The number of alkyl carbamates (subject to hydrolysis) is 1.